The summed E-state index contributed by atoms with van der Waals surface area (Å²) in [5.41, 5.74) is 0. The summed E-state index contributed by atoms with van der Waals surface area (Å²) >= 11 is 0. The number of rotatable bonds is 4. The smallest absolute Gasteiger partial charge is 0.319 e. The minimum absolute atomic E-state index is 0.187. The molecule has 6 heteroatoms. The van der Waals surface area contributed by atoms with Crippen LogP contribution >= 0.6 is 0 Å². The second-order valence-corrected chi connectivity index (χ2v) is 1.81. The number of nitrogens with zero attached hydrogens (tertiary/aromatic N) is 1. The zero-order valence-electron chi connectivity index (χ0n) is 5.48. The highest BCUT2D eigenvalue weighted by Crippen LogP contribution is 2.09. The summed E-state index contributed by atoms with van der Waals surface area (Å²) in [6.07, 6.45) is 0.203. The van der Waals surface area contributed by atoms with Gasteiger partial charge < -0.3 is 10.2 Å². The number of aliphatic hydroxyl groups is 2. The van der Waals surface area contributed by atoms with Gasteiger partial charge in [-0.1, -0.05) is 6.92 Å². The van der Waals surface area contributed by atoms with Gasteiger partial charge in [0.2, 0.25) is 0 Å². The fourth-order valence-electron chi connectivity index (χ4n) is 0.491. The summed E-state index contributed by atoms with van der Waals surface area (Å²) in [7, 11) is 0. The van der Waals surface area contributed by atoms with E-state index in [2.05, 4.69) is 4.84 Å². The quantitative estimate of drug-likeness (QED) is 0.325. The first-order valence-corrected chi connectivity index (χ1v) is 2.76. The third-order valence-corrected chi connectivity index (χ3v) is 0.796. The van der Waals surface area contributed by atoms with Crippen molar-refractivity contribution in [2.75, 3.05) is 0 Å². The van der Waals surface area contributed by atoms with Gasteiger partial charge in [0.25, 0.3) is 5.09 Å². The Morgan fingerprint density at radius 3 is 2.50 bits per heavy atom. The van der Waals surface area contributed by atoms with E-state index in [1.54, 1.807) is 6.92 Å². The van der Waals surface area contributed by atoms with Crippen LogP contribution in [0.1, 0.15) is 19.8 Å². The standard InChI is InChI=1S/C4H9NO5/c1-2-3-4(6,7)10-5(8)9/h6-7H,2-3H2,1H3. The first kappa shape index (κ1) is 9.12. The van der Waals surface area contributed by atoms with Gasteiger partial charge >= 0.3 is 5.97 Å². The van der Waals surface area contributed by atoms with Gasteiger partial charge in [0.15, 0.2) is 0 Å². The molecule has 0 fully saturated rings. The maximum atomic E-state index is 9.55. The molecule has 0 saturated heterocycles. The first-order valence-electron chi connectivity index (χ1n) is 2.76. The Morgan fingerprint density at radius 1 is 1.70 bits per heavy atom. The Balaban J connectivity index is 3.74. The molecule has 0 aliphatic heterocycles. The Morgan fingerprint density at radius 2 is 2.20 bits per heavy atom. The fraction of sp³-hybridized carbons (Fsp3) is 1.00. The van der Waals surface area contributed by atoms with Crippen molar-refractivity contribution in [2.24, 2.45) is 0 Å². The summed E-state index contributed by atoms with van der Waals surface area (Å²) < 4.78 is 0. The molecule has 60 valence electrons. The lowest BCUT2D eigenvalue weighted by molar-refractivity contribution is -0.814. The lowest BCUT2D eigenvalue weighted by atomic mass is 10.3. The molecule has 0 heterocycles. The molecule has 0 saturated carbocycles. The molecule has 0 aromatic heterocycles. The highest BCUT2D eigenvalue weighted by atomic mass is 17.0. The van der Waals surface area contributed by atoms with E-state index in [-0.39, 0.29) is 6.42 Å². The zero-order chi connectivity index (χ0) is 8.20. The van der Waals surface area contributed by atoms with Crippen LogP contribution in [0.25, 0.3) is 0 Å². The minimum atomic E-state index is -2.63. The van der Waals surface area contributed by atoms with Crippen molar-refractivity contribution in [1.29, 1.82) is 0 Å². The van der Waals surface area contributed by atoms with Crippen molar-refractivity contribution < 1.29 is 20.1 Å². The highest BCUT2D eigenvalue weighted by molar-refractivity contribution is 4.44. The monoisotopic (exact) mass is 151 g/mol. The number of hydrogen-bond donors (Lipinski definition) is 2. The summed E-state index contributed by atoms with van der Waals surface area (Å²) in [4.78, 5) is 13.1. The van der Waals surface area contributed by atoms with Crippen molar-refractivity contribution in [1.82, 2.24) is 0 Å². The van der Waals surface area contributed by atoms with E-state index in [1.807, 2.05) is 0 Å². The zero-order valence-corrected chi connectivity index (χ0v) is 5.48. The summed E-state index contributed by atoms with van der Waals surface area (Å²) in [6.45, 7) is 1.64. The van der Waals surface area contributed by atoms with Crippen LogP contribution in [0.15, 0.2) is 0 Å². The van der Waals surface area contributed by atoms with Crippen molar-refractivity contribution in [2.45, 2.75) is 25.7 Å². The molecule has 0 aromatic carbocycles. The van der Waals surface area contributed by atoms with Gasteiger partial charge in [-0.25, -0.2) is 4.84 Å². The maximum Gasteiger partial charge on any atom is 0.319 e. The van der Waals surface area contributed by atoms with Crippen molar-refractivity contribution in [3.05, 3.63) is 10.1 Å². The normalized spacial score (nSPS) is 11.1. The van der Waals surface area contributed by atoms with Gasteiger partial charge in [0.1, 0.15) is 0 Å². The van der Waals surface area contributed by atoms with E-state index < -0.39 is 11.1 Å². The van der Waals surface area contributed by atoms with Crippen LogP contribution in [0, 0.1) is 10.1 Å². The molecular formula is C4H9NO5. The summed E-state index contributed by atoms with van der Waals surface area (Å²) in [6, 6.07) is 0. The van der Waals surface area contributed by atoms with Crippen LogP contribution in [0.5, 0.6) is 0 Å². The molecule has 0 unspecified atom stereocenters. The molecule has 0 aromatic rings. The molecular weight excluding hydrogens is 142 g/mol. The predicted octanol–water partition coefficient (Wildman–Crippen LogP) is -0.367. The molecule has 0 rings (SSSR count). The lowest BCUT2D eigenvalue weighted by Gasteiger charge is -2.16. The fourth-order valence-corrected chi connectivity index (χ4v) is 0.491. The van der Waals surface area contributed by atoms with E-state index in [4.69, 9.17) is 10.2 Å². The molecule has 0 atom stereocenters. The van der Waals surface area contributed by atoms with Crippen LogP contribution in [-0.4, -0.2) is 21.3 Å². The Labute approximate surface area is 57.1 Å². The van der Waals surface area contributed by atoms with Crippen LogP contribution in [0.4, 0.5) is 0 Å². The number of hydrogen-bond acceptors (Lipinski definition) is 5. The second-order valence-electron chi connectivity index (χ2n) is 1.81. The van der Waals surface area contributed by atoms with Gasteiger partial charge in [0, 0.05) is 6.42 Å². The third kappa shape index (κ3) is 4.04. The Hall–Kier alpha value is -0.880. The van der Waals surface area contributed by atoms with Crippen LogP contribution in [0.3, 0.4) is 0 Å². The maximum absolute atomic E-state index is 9.55. The van der Waals surface area contributed by atoms with E-state index in [0.717, 1.165) is 0 Å². The SMILES string of the molecule is CCCC(O)(O)O[N+](=O)[O-]. The Kier molecular flexibility index (Phi) is 3.04. The molecule has 0 spiro atoms. The molecule has 2 N–H and O–H groups in total. The van der Waals surface area contributed by atoms with Crippen molar-refractivity contribution in [3.63, 3.8) is 0 Å². The molecule has 10 heavy (non-hydrogen) atoms. The van der Waals surface area contributed by atoms with E-state index in [1.165, 1.54) is 0 Å². The topological polar surface area (TPSA) is 92.8 Å². The highest BCUT2D eigenvalue weighted by Gasteiger charge is 2.26. The van der Waals surface area contributed by atoms with E-state index >= 15 is 0 Å². The van der Waals surface area contributed by atoms with Gasteiger partial charge in [-0.05, 0) is 6.42 Å². The molecule has 0 bridgehead atoms. The second kappa shape index (κ2) is 3.33. The largest absolute Gasteiger partial charge is 0.345 e. The van der Waals surface area contributed by atoms with Crippen molar-refractivity contribution >= 4 is 0 Å². The van der Waals surface area contributed by atoms with E-state index in [0.29, 0.717) is 6.42 Å². The van der Waals surface area contributed by atoms with Gasteiger partial charge in [-0.15, -0.1) is 10.1 Å². The lowest BCUT2D eigenvalue weighted by Crippen LogP contribution is -2.33. The molecule has 0 aliphatic carbocycles. The molecule has 0 radical (unpaired) electrons. The average molecular weight is 151 g/mol. The minimum Gasteiger partial charge on any atom is -0.345 e. The Bertz CT molecular complexity index is 123. The molecule has 0 aliphatic rings. The van der Waals surface area contributed by atoms with Crippen LogP contribution in [-0.2, 0) is 4.84 Å². The average Bonchev–Trinajstić information content (AvgIpc) is 1.59. The summed E-state index contributed by atoms with van der Waals surface area (Å²) in [5.74, 6) is -2.63. The van der Waals surface area contributed by atoms with Crippen LogP contribution in [0.2, 0.25) is 0 Å². The first-order chi connectivity index (χ1) is 4.48. The third-order valence-electron chi connectivity index (χ3n) is 0.796. The van der Waals surface area contributed by atoms with Crippen LogP contribution < -0.4 is 0 Å². The van der Waals surface area contributed by atoms with Gasteiger partial charge in [-0.3, -0.25) is 0 Å². The summed E-state index contributed by atoms with van der Waals surface area (Å²) in [5, 5.41) is 25.5. The van der Waals surface area contributed by atoms with Gasteiger partial charge in [-0.2, -0.15) is 0 Å². The van der Waals surface area contributed by atoms with E-state index in [9.17, 15) is 10.1 Å². The van der Waals surface area contributed by atoms with Crippen molar-refractivity contribution in [3.8, 4) is 0 Å². The van der Waals surface area contributed by atoms with Gasteiger partial charge in [0.05, 0.1) is 0 Å². The molecule has 0 amide bonds. The predicted molar refractivity (Wildman–Crippen MR) is 30.2 cm³/mol. The molecule has 6 nitrogen and oxygen atoms in total.